The van der Waals surface area contributed by atoms with E-state index in [1.54, 1.807) is 0 Å². The number of hydrogen-bond donors (Lipinski definition) is 1. The summed E-state index contributed by atoms with van der Waals surface area (Å²) in [6.07, 6.45) is 2.88. The molecule has 0 unspecified atom stereocenters. The van der Waals surface area contributed by atoms with Crippen LogP contribution in [-0.2, 0) is 13.0 Å². The van der Waals surface area contributed by atoms with Crippen molar-refractivity contribution in [2.24, 2.45) is 0 Å². The molecule has 1 aromatic carbocycles. The molecule has 3 heteroatoms. The van der Waals surface area contributed by atoms with Crippen molar-refractivity contribution in [1.29, 1.82) is 0 Å². The second-order valence-electron chi connectivity index (χ2n) is 3.88. The maximum atomic E-state index is 4.33. The van der Waals surface area contributed by atoms with Crippen LogP contribution in [-0.4, -0.2) is 4.98 Å². The molecule has 2 rings (SSSR count). The van der Waals surface area contributed by atoms with Crippen molar-refractivity contribution in [3.8, 4) is 0 Å². The molecule has 0 bridgehead atoms. The summed E-state index contributed by atoms with van der Waals surface area (Å²) in [5, 5.41) is 3.38. The predicted molar refractivity (Wildman–Crippen MR) is 75.1 cm³/mol. The highest BCUT2D eigenvalue weighted by atomic mass is 79.9. The summed E-state index contributed by atoms with van der Waals surface area (Å²) in [6.45, 7) is 2.91. The van der Waals surface area contributed by atoms with E-state index in [4.69, 9.17) is 0 Å². The molecule has 0 spiro atoms. The van der Waals surface area contributed by atoms with Gasteiger partial charge in [-0.15, -0.1) is 0 Å². The molecule has 2 nitrogen and oxygen atoms in total. The van der Waals surface area contributed by atoms with Crippen LogP contribution >= 0.6 is 15.9 Å². The number of hydrogen-bond acceptors (Lipinski definition) is 2. The van der Waals surface area contributed by atoms with Gasteiger partial charge in [-0.05, 0) is 52.2 Å². The summed E-state index contributed by atoms with van der Waals surface area (Å²) >= 11 is 3.38. The lowest BCUT2D eigenvalue weighted by Crippen LogP contribution is -2.01. The molecule has 1 aromatic heterocycles. The Morgan fingerprint density at radius 2 is 2.12 bits per heavy atom. The molecule has 0 aliphatic rings. The molecule has 0 aliphatic carbocycles. The van der Waals surface area contributed by atoms with E-state index in [1.807, 2.05) is 18.3 Å². The van der Waals surface area contributed by atoms with Crippen molar-refractivity contribution in [3.63, 3.8) is 0 Å². The average Bonchev–Trinajstić information content (AvgIpc) is 2.38. The van der Waals surface area contributed by atoms with E-state index in [-0.39, 0.29) is 0 Å². The maximum Gasteiger partial charge on any atom is 0.0595 e. The van der Waals surface area contributed by atoms with Crippen LogP contribution in [0.3, 0.4) is 0 Å². The second-order valence-corrected chi connectivity index (χ2v) is 4.79. The van der Waals surface area contributed by atoms with Gasteiger partial charge in [-0.25, -0.2) is 0 Å². The first-order valence-corrected chi connectivity index (χ1v) is 6.50. The fourth-order valence-electron chi connectivity index (χ4n) is 1.60. The molecule has 17 heavy (non-hydrogen) atoms. The van der Waals surface area contributed by atoms with Gasteiger partial charge in [0.05, 0.1) is 12.2 Å². The Labute approximate surface area is 110 Å². The first-order chi connectivity index (χ1) is 8.28. The topological polar surface area (TPSA) is 24.9 Å². The monoisotopic (exact) mass is 290 g/mol. The van der Waals surface area contributed by atoms with Crippen molar-refractivity contribution in [2.45, 2.75) is 19.9 Å². The molecule has 0 saturated heterocycles. The fraction of sp³-hybridized carbons (Fsp3) is 0.214. The first kappa shape index (κ1) is 12.1. The number of anilines is 1. The van der Waals surface area contributed by atoms with Crippen LogP contribution in [0.4, 0.5) is 5.69 Å². The third kappa shape index (κ3) is 3.56. The van der Waals surface area contributed by atoms with Gasteiger partial charge in [0.2, 0.25) is 0 Å². The van der Waals surface area contributed by atoms with Crippen molar-refractivity contribution in [3.05, 3.63) is 58.3 Å². The Kier molecular flexibility index (Phi) is 4.15. The maximum absolute atomic E-state index is 4.33. The van der Waals surface area contributed by atoms with Crippen LogP contribution in [0.25, 0.3) is 0 Å². The van der Waals surface area contributed by atoms with Crippen molar-refractivity contribution in [2.75, 3.05) is 5.32 Å². The van der Waals surface area contributed by atoms with Gasteiger partial charge in [0.25, 0.3) is 0 Å². The number of halogens is 1. The molecule has 0 saturated carbocycles. The van der Waals surface area contributed by atoms with E-state index >= 15 is 0 Å². The average molecular weight is 291 g/mol. The lowest BCUT2D eigenvalue weighted by atomic mass is 10.1. The Balaban J connectivity index is 1.99. The fourth-order valence-corrected chi connectivity index (χ4v) is 1.84. The van der Waals surface area contributed by atoms with E-state index in [0.717, 1.165) is 28.8 Å². The molecular weight excluding hydrogens is 276 g/mol. The van der Waals surface area contributed by atoms with Gasteiger partial charge >= 0.3 is 0 Å². The number of aromatic nitrogens is 1. The SMILES string of the molecule is CCc1cccc(NCc2ccc(Br)cn2)c1. The molecule has 0 radical (unpaired) electrons. The quantitative estimate of drug-likeness (QED) is 0.920. The third-order valence-electron chi connectivity index (χ3n) is 2.60. The number of aryl methyl sites for hydroxylation is 1. The van der Waals surface area contributed by atoms with E-state index in [2.05, 4.69) is 57.4 Å². The van der Waals surface area contributed by atoms with Crippen LogP contribution in [0.15, 0.2) is 47.1 Å². The first-order valence-electron chi connectivity index (χ1n) is 5.71. The van der Waals surface area contributed by atoms with Crippen LogP contribution in [0.5, 0.6) is 0 Å². The van der Waals surface area contributed by atoms with Crippen LogP contribution in [0.2, 0.25) is 0 Å². The minimum Gasteiger partial charge on any atom is -0.379 e. The Bertz CT molecular complexity index is 480. The summed E-state index contributed by atoms with van der Waals surface area (Å²) in [5.74, 6) is 0. The highest BCUT2D eigenvalue weighted by molar-refractivity contribution is 9.10. The minimum atomic E-state index is 0.750. The van der Waals surface area contributed by atoms with Crippen molar-refractivity contribution in [1.82, 2.24) is 4.98 Å². The van der Waals surface area contributed by atoms with Gasteiger partial charge in [-0.2, -0.15) is 0 Å². The molecule has 0 amide bonds. The van der Waals surface area contributed by atoms with Gasteiger partial charge in [0.15, 0.2) is 0 Å². The summed E-state index contributed by atoms with van der Waals surface area (Å²) < 4.78 is 1.01. The molecule has 0 aliphatic heterocycles. The predicted octanol–water partition coefficient (Wildman–Crippen LogP) is 4.02. The second kappa shape index (κ2) is 5.82. The Morgan fingerprint density at radius 1 is 1.24 bits per heavy atom. The molecule has 2 aromatic rings. The van der Waals surface area contributed by atoms with Crippen molar-refractivity contribution < 1.29 is 0 Å². The zero-order chi connectivity index (χ0) is 12.1. The Hall–Kier alpha value is -1.35. The van der Waals surface area contributed by atoms with Crippen LogP contribution in [0, 0.1) is 0 Å². The normalized spacial score (nSPS) is 10.2. The minimum absolute atomic E-state index is 0.750. The lowest BCUT2D eigenvalue weighted by Gasteiger charge is -2.07. The van der Waals surface area contributed by atoms with Gasteiger partial charge in [0, 0.05) is 16.4 Å². The standard InChI is InChI=1S/C14H15BrN2/c1-2-11-4-3-5-13(8-11)17-10-14-7-6-12(15)9-16-14/h3-9,17H,2,10H2,1H3. The van der Waals surface area contributed by atoms with Crippen molar-refractivity contribution >= 4 is 21.6 Å². The van der Waals surface area contributed by atoms with E-state index in [0.29, 0.717) is 0 Å². The number of nitrogens with one attached hydrogen (secondary N) is 1. The molecule has 88 valence electrons. The summed E-state index contributed by atoms with van der Waals surface area (Å²) in [5.41, 5.74) is 3.53. The van der Waals surface area contributed by atoms with E-state index in [1.165, 1.54) is 5.56 Å². The van der Waals surface area contributed by atoms with E-state index < -0.39 is 0 Å². The third-order valence-corrected chi connectivity index (χ3v) is 3.07. The molecule has 0 fully saturated rings. The smallest absolute Gasteiger partial charge is 0.0595 e. The van der Waals surface area contributed by atoms with Gasteiger partial charge in [-0.3, -0.25) is 4.98 Å². The lowest BCUT2D eigenvalue weighted by molar-refractivity contribution is 1.04. The Morgan fingerprint density at radius 3 is 2.82 bits per heavy atom. The summed E-state index contributed by atoms with van der Waals surface area (Å²) in [6, 6.07) is 12.5. The van der Waals surface area contributed by atoms with E-state index in [9.17, 15) is 0 Å². The zero-order valence-corrected chi connectivity index (χ0v) is 11.4. The van der Waals surface area contributed by atoms with Gasteiger partial charge < -0.3 is 5.32 Å². The largest absolute Gasteiger partial charge is 0.379 e. The van der Waals surface area contributed by atoms with Gasteiger partial charge in [0.1, 0.15) is 0 Å². The van der Waals surface area contributed by atoms with Crippen LogP contribution < -0.4 is 5.32 Å². The molecular formula is C14H15BrN2. The number of pyridine rings is 1. The molecule has 1 N–H and O–H groups in total. The van der Waals surface area contributed by atoms with Gasteiger partial charge in [-0.1, -0.05) is 19.1 Å². The molecule has 0 atom stereocenters. The summed E-state index contributed by atoms with van der Waals surface area (Å²) in [7, 11) is 0. The summed E-state index contributed by atoms with van der Waals surface area (Å²) in [4.78, 5) is 4.33. The highest BCUT2D eigenvalue weighted by Crippen LogP contribution is 2.13. The highest BCUT2D eigenvalue weighted by Gasteiger charge is 1.96. The number of benzene rings is 1. The zero-order valence-electron chi connectivity index (χ0n) is 9.78. The van der Waals surface area contributed by atoms with Crippen LogP contribution in [0.1, 0.15) is 18.2 Å². The molecule has 1 heterocycles. The number of rotatable bonds is 4. The number of nitrogens with zero attached hydrogens (tertiary/aromatic N) is 1.